The molecule has 0 fully saturated rings. The van der Waals surface area contributed by atoms with Crippen LogP contribution in [0.5, 0.6) is 5.75 Å². The molecular formula is C16H12N4O. The van der Waals surface area contributed by atoms with Crippen molar-refractivity contribution >= 4 is 17.1 Å². The zero-order chi connectivity index (χ0) is 15.1. The van der Waals surface area contributed by atoms with Crippen molar-refractivity contribution in [2.24, 2.45) is 5.10 Å². The van der Waals surface area contributed by atoms with Crippen molar-refractivity contribution in [3.05, 3.63) is 54.6 Å². The number of rotatable bonds is 4. The summed E-state index contributed by atoms with van der Waals surface area (Å²) in [5.41, 5.74) is 1.27. The van der Waals surface area contributed by atoms with Crippen LogP contribution in [0.25, 0.3) is 0 Å². The first-order chi connectivity index (χ1) is 10.3. The van der Waals surface area contributed by atoms with Crippen molar-refractivity contribution in [2.45, 2.75) is 0 Å². The second kappa shape index (κ2) is 6.74. The number of ether oxygens (including phenoxy) is 1. The molecular weight excluding hydrogens is 264 g/mol. The largest absolute Gasteiger partial charge is 0.497 e. The molecule has 102 valence electrons. The van der Waals surface area contributed by atoms with Crippen molar-refractivity contribution < 1.29 is 4.74 Å². The van der Waals surface area contributed by atoms with Gasteiger partial charge in [-0.05, 0) is 36.4 Å². The molecule has 0 amide bonds. The molecule has 5 nitrogen and oxygen atoms in total. The standard InChI is InChI=1S/C16H12N4O/c1-21-16-9-7-15(8-10-16)20(19-13(11-17)12-18)14-5-3-2-4-6-14/h2-10H,1H3. The first kappa shape index (κ1) is 14.1. The van der Waals surface area contributed by atoms with Crippen LogP contribution in [-0.2, 0) is 0 Å². The Hall–Kier alpha value is -3.31. The van der Waals surface area contributed by atoms with E-state index in [1.807, 2.05) is 42.5 Å². The number of anilines is 2. The van der Waals surface area contributed by atoms with Gasteiger partial charge in [0.05, 0.1) is 18.5 Å². The highest BCUT2D eigenvalue weighted by Crippen LogP contribution is 2.27. The fourth-order valence-electron chi connectivity index (χ4n) is 1.73. The lowest BCUT2D eigenvalue weighted by molar-refractivity contribution is 0.415. The van der Waals surface area contributed by atoms with Gasteiger partial charge in [-0.25, -0.2) is 5.01 Å². The Morgan fingerprint density at radius 2 is 1.52 bits per heavy atom. The molecule has 0 atom stereocenters. The Kier molecular flexibility index (Phi) is 4.53. The highest BCUT2D eigenvalue weighted by Gasteiger charge is 2.10. The number of nitrogens with zero attached hydrogens (tertiary/aromatic N) is 4. The van der Waals surface area contributed by atoms with Gasteiger partial charge in [-0.3, -0.25) is 0 Å². The summed E-state index contributed by atoms with van der Waals surface area (Å²) in [4.78, 5) is 0. The molecule has 0 aliphatic heterocycles. The lowest BCUT2D eigenvalue weighted by Crippen LogP contribution is -2.11. The van der Waals surface area contributed by atoms with E-state index >= 15 is 0 Å². The second-order valence-electron chi connectivity index (χ2n) is 4.02. The monoisotopic (exact) mass is 276 g/mol. The number of hydrazone groups is 1. The summed E-state index contributed by atoms with van der Waals surface area (Å²) in [6, 6.07) is 20.0. The van der Waals surface area contributed by atoms with Gasteiger partial charge in [0.2, 0.25) is 5.71 Å². The molecule has 0 heterocycles. The van der Waals surface area contributed by atoms with Gasteiger partial charge < -0.3 is 4.74 Å². The van der Waals surface area contributed by atoms with Gasteiger partial charge in [-0.15, -0.1) is 5.10 Å². The van der Waals surface area contributed by atoms with E-state index < -0.39 is 0 Å². The number of nitriles is 2. The zero-order valence-electron chi connectivity index (χ0n) is 11.4. The van der Waals surface area contributed by atoms with Crippen LogP contribution in [0.1, 0.15) is 0 Å². The fourth-order valence-corrected chi connectivity index (χ4v) is 1.73. The van der Waals surface area contributed by atoms with Crippen LogP contribution in [0.15, 0.2) is 59.7 Å². The van der Waals surface area contributed by atoms with Gasteiger partial charge in [0, 0.05) is 0 Å². The predicted octanol–water partition coefficient (Wildman–Crippen LogP) is 3.24. The van der Waals surface area contributed by atoms with E-state index in [0.717, 1.165) is 17.1 Å². The molecule has 0 aliphatic carbocycles. The summed E-state index contributed by atoms with van der Waals surface area (Å²) in [5, 5.41) is 23.4. The summed E-state index contributed by atoms with van der Waals surface area (Å²) >= 11 is 0. The molecule has 0 unspecified atom stereocenters. The number of methoxy groups -OCH3 is 1. The molecule has 0 aliphatic rings. The van der Waals surface area contributed by atoms with Gasteiger partial charge in [0.25, 0.3) is 0 Å². The predicted molar refractivity (Wildman–Crippen MR) is 80.2 cm³/mol. The summed E-state index contributed by atoms with van der Waals surface area (Å²) in [6.45, 7) is 0. The minimum atomic E-state index is -0.213. The maximum atomic E-state index is 8.90. The van der Waals surface area contributed by atoms with Gasteiger partial charge in [-0.1, -0.05) is 18.2 Å². The van der Waals surface area contributed by atoms with E-state index in [9.17, 15) is 0 Å². The minimum absolute atomic E-state index is 0.213. The lowest BCUT2D eigenvalue weighted by atomic mass is 10.2. The molecule has 2 aromatic carbocycles. The number of benzene rings is 2. The molecule has 0 N–H and O–H groups in total. The SMILES string of the molecule is COc1ccc(N(N=C(C#N)C#N)c2ccccc2)cc1. The van der Waals surface area contributed by atoms with Gasteiger partial charge in [0.1, 0.15) is 17.9 Å². The third kappa shape index (κ3) is 3.37. The highest BCUT2D eigenvalue weighted by atomic mass is 16.5. The smallest absolute Gasteiger partial charge is 0.237 e. The number of hydrogen-bond acceptors (Lipinski definition) is 5. The molecule has 0 saturated carbocycles. The summed E-state index contributed by atoms with van der Waals surface area (Å²) in [7, 11) is 1.59. The topological polar surface area (TPSA) is 72.4 Å². The van der Waals surface area contributed by atoms with Crippen LogP contribution < -0.4 is 9.75 Å². The molecule has 0 radical (unpaired) electrons. The Labute approximate surface area is 122 Å². The first-order valence-corrected chi connectivity index (χ1v) is 6.16. The van der Waals surface area contributed by atoms with Crippen LogP contribution in [0.4, 0.5) is 11.4 Å². The molecule has 0 bridgehead atoms. The van der Waals surface area contributed by atoms with E-state index in [0.29, 0.717) is 0 Å². The molecule has 0 saturated heterocycles. The summed E-state index contributed by atoms with van der Waals surface area (Å²) in [6.07, 6.45) is 0. The Morgan fingerprint density at radius 3 is 2.05 bits per heavy atom. The van der Waals surface area contributed by atoms with Gasteiger partial charge in [0.15, 0.2) is 0 Å². The van der Waals surface area contributed by atoms with Crippen molar-refractivity contribution in [3.63, 3.8) is 0 Å². The van der Waals surface area contributed by atoms with E-state index in [1.54, 1.807) is 36.4 Å². The molecule has 21 heavy (non-hydrogen) atoms. The van der Waals surface area contributed by atoms with E-state index in [1.165, 1.54) is 0 Å². The number of hydrogen-bond donors (Lipinski definition) is 0. The molecule has 0 spiro atoms. The summed E-state index contributed by atoms with van der Waals surface area (Å²) < 4.78 is 5.12. The average molecular weight is 276 g/mol. The number of para-hydroxylation sites is 1. The van der Waals surface area contributed by atoms with E-state index in [-0.39, 0.29) is 5.71 Å². The van der Waals surface area contributed by atoms with E-state index in [4.69, 9.17) is 15.3 Å². The molecule has 5 heteroatoms. The quantitative estimate of drug-likeness (QED) is 0.634. The molecule has 0 aromatic heterocycles. The van der Waals surface area contributed by atoms with Crippen LogP contribution in [-0.4, -0.2) is 12.8 Å². The van der Waals surface area contributed by atoms with E-state index in [2.05, 4.69) is 5.10 Å². The third-order valence-electron chi connectivity index (χ3n) is 2.73. The lowest BCUT2D eigenvalue weighted by Gasteiger charge is -2.19. The highest BCUT2D eigenvalue weighted by molar-refractivity contribution is 6.10. The molecule has 2 rings (SSSR count). The van der Waals surface area contributed by atoms with Crippen LogP contribution in [0.3, 0.4) is 0 Å². The van der Waals surface area contributed by atoms with Crippen molar-refractivity contribution in [1.82, 2.24) is 0 Å². The van der Waals surface area contributed by atoms with Crippen molar-refractivity contribution in [1.29, 1.82) is 10.5 Å². The Balaban J connectivity index is 2.48. The second-order valence-corrected chi connectivity index (χ2v) is 4.02. The normalized spacial score (nSPS) is 9.10. The van der Waals surface area contributed by atoms with Crippen LogP contribution >= 0.6 is 0 Å². The summed E-state index contributed by atoms with van der Waals surface area (Å²) in [5.74, 6) is 0.719. The maximum absolute atomic E-state index is 8.90. The van der Waals surface area contributed by atoms with Gasteiger partial charge >= 0.3 is 0 Å². The fraction of sp³-hybridized carbons (Fsp3) is 0.0625. The Morgan fingerprint density at radius 1 is 0.952 bits per heavy atom. The van der Waals surface area contributed by atoms with Crippen LogP contribution in [0, 0.1) is 22.7 Å². The minimum Gasteiger partial charge on any atom is -0.497 e. The maximum Gasteiger partial charge on any atom is 0.237 e. The van der Waals surface area contributed by atoms with Crippen molar-refractivity contribution in [3.8, 4) is 17.9 Å². The molecule has 2 aromatic rings. The first-order valence-electron chi connectivity index (χ1n) is 6.16. The Bertz CT molecular complexity index is 693. The van der Waals surface area contributed by atoms with Crippen LogP contribution in [0.2, 0.25) is 0 Å². The average Bonchev–Trinajstić information content (AvgIpc) is 2.57. The van der Waals surface area contributed by atoms with Gasteiger partial charge in [-0.2, -0.15) is 10.5 Å². The van der Waals surface area contributed by atoms with Crippen molar-refractivity contribution in [2.75, 3.05) is 12.1 Å². The third-order valence-corrected chi connectivity index (χ3v) is 2.73. The zero-order valence-corrected chi connectivity index (χ0v) is 11.4.